The quantitative estimate of drug-likeness (QED) is 0.799. The van der Waals surface area contributed by atoms with Crippen molar-refractivity contribution in [2.24, 2.45) is 0 Å². The van der Waals surface area contributed by atoms with Gasteiger partial charge in [-0.3, -0.25) is 4.79 Å². The molecule has 108 valence electrons. The maximum atomic E-state index is 13.8. The van der Waals surface area contributed by atoms with Crippen molar-refractivity contribution in [2.75, 3.05) is 20.3 Å². The van der Waals surface area contributed by atoms with Crippen LogP contribution in [0.3, 0.4) is 0 Å². The van der Waals surface area contributed by atoms with Crippen LogP contribution in [-0.2, 0) is 4.74 Å². The molecule has 1 atom stereocenters. The number of hydrogen-bond acceptors (Lipinski definition) is 3. The number of nitrogens with one attached hydrogen (secondary N) is 1. The molecule has 1 aromatic carbocycles. The van der Waals surface area contributed by atoms with Gasteiger partial charge in [-0.05, 0) is 25.1 Å². The number of aliphatic hydroxyl groups excluding tert-OH is 1. The summed E-state index contributed by atoms with van der Waals surface area (Å²) in [4.78, 5) is 11.8. The number of carbonyl (C=O) groups is 1. The Morgan fingerprint density at radius 2 is 2.30 bits per heavy atom. The van der Waals surface area contributed by atoms with E-state index in [-0.39, 0.29) is 18.3 Å². The second-order valence-corrected chi connectivity index (χ2v) is 4.23. The molecule has 0 saturated carbocycles. The fourth-order valence-electron chi connectivity index (χ4n) is 1.41. The maximum Gasteiger partial charge on any atom is 0.254 e. The number of hydrogen-bond donors (Lipinski definition) is 2. The molecule has 0 spiro atoms. The lowest BCUT2D eigenvalue weighted by molar-refractivity contribution is 0.0867. The Morgan fingerprint density at radius 1 is 1.55 bits per heavy atom. The van der Waals surface area contributed by atoms with E-state index in [0.29, 0.717) is 18.5 Å². The van der Waals surface area contributed by atoms with E-state index in [9.17, 15) is 9.18 Å². The van der Waals surface area contributed by atoms with Gasteiger partial charge in [0.2, 0.25) is 0 Å². The largest absolute Gasteiger partial charge is 0.395 e. The average molecular weight is 279 g/mol. The number of rotatable bonds is 5. The molecule has 1 aromatic rings. The number of methoxy groups -OCH3 is 1. The van der Waals surface area contributed by atoms with Gasteiger partial charge in [0.15, 0.2) is 0 Å². The molecule has 0 aliphatic rings. The monoisotopic (exact) mass is 279 g/mol. The molecule has 1 amide bonds. The number of halogens is 1. The van der Waals surface area contributed by atoms with Gasteiger partial charge in [0, 0.05) is 25.6 Å². The highest BCUT2D eigenvalue weighted by Crippen LogP contribution is 2.10. The average Bonchev–Trinajstić information content (AvgIpc) is 2.44. The fraction of sp³-hybridized carbons (Fsp3) is 0.400. The van der Waals surface area contributed by atoms with E-state index in [1.54, 1.807) is 13.0 Å². The normalized spacial score (nSPS) is 11.4. The third-order valence-electron chi connectivity index (χ3n) is 2.64. The van der Waals surface area contributed by atoms with E-state index in [0.717, 1.165) is 0 Å². The summed E-state index contributed by atoms with van der Waals surface area (Å²) in [6.07, 6.45) is 0.198. The predicted octanol–water partition coefficient (Wildman–Crippen LogP) is 1.32. The van der Waals surface area contributed by atoms with Crippen molar-refractivity contribution in [2.45, 2.75) is 19.4 Å². The van der Waals surface area contributed by atoms with Crippen LogP contribution in [0.1, 0.15) is 29.3 Å². The van der Waals surface area contributed by atoms with E-state index in [4.69, 9.17) is 9.84 Å². The number of carbonyl (C=O) groups excluding carboxylic acids is 1. The lowest BCUT2D eigenvalue weighted by atomic mass is 10.1. The van der Waals surface area contributed by atoms with Gasteiger partial charge in [-0.2, -0.15) is 0 Å². The molecule has 0 aromatic heterocycles. The first-order valence-electron chi connectivity index (χ1n) is 6.28. The summed E-state index contributed by atoms with van der Waals surface area (Å²) in [7, 11) is 1.54. The molecular weight excluding hydrogens is 261 g/mol. The minimum absolute atomic E-state index is 0.0268. The van der Waals surface area contributed by atoms with Gasteiger partial charge >= 0.3 is 0 Å². The maximum absolute atomic E-state index is 13.8. The van der Waals surface area contributed by atoms with Gasteiger partial charge in [0.05, 0.1) is 18.3 Å². The third kappa shape index (κ3) is 5.00. The van der Waals surface area contributed by atoms with Crippen LogP contribution < -0.4 is 5.32 Å². The van der Waals surface area contributed by atoms with Crippen LogP contribution in [0.4, 0.5) is 4.39 Å². The number of benzene rings is 1. The van der Waals surface area contributed by atoms with Crippen LogP contribution in [0, 0.1) is 17.7 Å². The molecule has 0 radical (unpaired) electrons. The molecule has 0 aliphatic carbocycles. The van der Waals surface area contributed by atoms with Crippen molar-refractivity contribution in [3.8, 4) is 11.8 Å². The molecule has 1 unspecified atom stereocenters. The van der Waals surface area contributed by atoms with Crippen molar-refractivity contribution in [1.82, 2.24) is 5.32 Å². The second kappa shape index (κ2) is 8.31. The molecule has 4 nitrogen and oxygen atoms in total. The summed E-state index contributed by atoms with van der Waals surface area (Å²) in [5, 5.41) is 11.2. The van der Waals surface area contributed by atoms with Crippen LogP contribution in [0.15, 0.2) is 18.2 Å². The van der Waals surface area contributed by atoms with Gasteiger partial charge in [-0.15, -0.1) is 0 Å². The van der Waals surface area contributed by atoms with Crippen molar-refractivity contribution in [1.29, 1.82) is 0 Å². The third-order valence-corrected chi connectivity index (χ3v) is 2.64. The number of amides is 1. The zero-order chi connectivity index (χ0) is 15.0. The molecule has 0 aliphatic heterocycles. The molecule has 20 heavy (non-hydrogen) atoms. The Balaban J connectivity index is 2.73. The van der Waals surface area contributed by atoms with Crippen LogP contribution in [0.25, 0.3) is 0 Å². The first-order chi connectivity index (χ1) is 9.58. The summed E-state index contributed by atoms with van der Waals surface area (Å²) in [6, 6.07) is 4.17. The van der Waals surface area contributed by atoms with Gasteiger partial charge in [-0.1, -0.05) is 11.8 Å². The van der Waals surface area contributed by atoms with Crippen LogP contribution in [0.5, 0.6) is 0 Å². The Bertz CT molecular complexity index is 520. The summed E-state index contributed by atoms with van der Waals surface area (Å²) < 4.78 is 18.8. The topological polar surface area (TPSA) is 58.6 Å². The zero-order valence-corrected chi connectivity index (χ0v) is 11.6. The van der Waals surface area contributed by atoms with Gasteiger partial charge in [-0.25, -0.2) is 4.39 Å². The van der Waals surface area contributed by atoms with E-state index >= 15 is 0 Å². The van der Waals surface area contributed by atoms with E-state index in [1.165, 1.54) is 19.2 Å². The van der Waals surface area contributed by atoms with Crippen LogP contribution >= 0.6 is 0 Å². The van der Waals surface area contributed by atoms with Crippen molar-refractivity contribution in [3.05, 3.63) is 35.1 Å². The zero-order valence-electron chi connectivity index (χ0n) is 11.6. The lowest BCUT2D eigenvalue weighted by Gasteiger charge is -2.11. The van der Waals surface area contributed by atoms with Gasteiger partial charge in [0.25, 0.3) is 5.91 Å². The first kappa shape index (κ1) is 16.2. The van der Waals surface area contributed by atoms with Crippen LogP contribution in [0.2, 0.25) is 0 Å². The number of ether oxygens (including phenoxy) is 1. The van der Waals surface area contributed by atoms with E-state index in [1.807, 2.05) is 0 Å². The molecule has 1 rings (SSSR count). The molecule has 0 bridgehead atoms. The molecule has 0 saturated heterocycles. The Labute approximate surface area is 117 Å². The minimum atomic E-state index is -0.622. The second-order valence-electron chi connectivity index (χ2n) is 4.23. The van der Waals surface area contributed by atoms with Crippen LogP contribution in [-0.4, -0.2) is 37.4 Å². The molecule has 5 heteroatoms. The molecule has 0 fully saturated rings. The van der Waals surface area contributed by atoms with Crippen molar-refractivity contribution >= 4 is 5.91 Å². The summed E-state index contributed by atoms with van der Waals surface area (Å²) in [6.45, 7) is 2.08. The Kier molecular flexibility index (Phi) is 6.71. The summed E-state index contributed by atoms with van der Waals surface area (Å²) in [5.74, 6) is 4.29. The first-order valence-corrected chi connectivity index (χ1v) is 6.28. The van der Waals surface area contributed by atoms with E-state index < -0.39 is 11.7 Å². The minimum Gasteiger partial charge on any atom is -0.395 e. The smallest absolute Gasteiger partial charge is 0.254 e. The SMILES string of the molecule is COC(C)CNC(=O)c1ccc(C#CCCO)cc1F. The van der Waals surface area contributed by atoms with Gasteiger partial charge in [0.1, 0.15) is 5.82 Å². The summed E-state index contributed by atoms with van der Waals surface area (Å²) in [5.41, 5.74) is 0.443. The highest BCUT2D eigenvalue weighted by atomic mass is 19.1. The highest BCUT2D eigenvalue weighted by molar-refractivity contribution is 5.94. The van der Waals surface area contributed by atoms with Gasteiger partial charge < -0.3 is 15.2 Å². The summed E-state index contributed by atoms with van der Waals surface area (Å²) >= 11 is 0. The molecular formula is C15H18FNO3. The molecule has 2 N–H and O–H groups in total. The predicted molar refractivity (Wildman–Crippen MR) is 73.8 cm³/mol. The van der Waals surface area contributed by atoms with Crippen molar-refractivity contribution in [3.63, 3.8) is 0 Å². The Hall–Kier alpha value is -1.90. The lowest BCUT2D eigenvalue weighted by Crippen LogP contribution is -2.32. The highest BCUT2D eigenvalue weighted by Gasteiger charge is 2.12. The fourth-order valence-corrected chi connectivity index (χ4v) is 1.41. The van der Waals surface area contributed by atoms with Crippen molar-refractivity contribution < 1.29 is 19.0 Å². The number of aliphatic hydroxyl groups is 1. The van der Waals surface area contributed by atoms with E-state index in [2.05, 4.69) is 17.2 Å². The molecule has 0 heterocycles. The Morgan fingerprint density at radius 3 is 2.90 bits per heavy atom. The standard InChI is InChI=1S/C15H18FNO3/c1-11(20-2)10-17-15(19)13-7-6-12(9-14(13)16)5-3-4-8-18/h6-7,9,11,18H,4,8,10H2,1-2H3,(H,17,19).